The lowest BCUT2D eigenvalue weighted by atomic mass is 10.1. The molecule has 1 aromatic carbocycles. The minimum absolute atomic E-state index is 0.0747. The predicted octanol–water partition coefficient (Wildman–Crippen LogP) is 2.31. The highest BCUT2D eigenvalue weighted by atomic mass is 32.1. The van der Waals surface area contributed by atoms with Crippen molar-refractivity contribution in [3.63, 3.8) is 0 Å². The van der Waals surface area contributed by atoms with Gasteiger partial charge in [0.15, 0.2) is 0 Å². The van der Waals surface area contributed by atoms with E-state index in [-0.39, 0.29) is 5.96 Å². The number of nitrogens with two attached hydrogens (primary N) is 2. The van der Waals surface area contributed by atoms with Crippen LogP contribution in [-0.4, -0.2) is 26.6 Å². The van der Waals surface area contributed by atoms with Gasteiger partial charge in [-0.05, 0) is 38.0 Å². The number of aryl methyl sites for hydroxylation is 1. The van der Waals surface area contributed by atoms with Crippen LogP contribution in [0, 0.1) is 18.8 Å². The van der Waals surface area contributed by atoms with Crippen LogP contribution in [0.25, 0.3) is 10.6 Å². The van der Waals surface area contributed by atoms with Crippen molar-refractivity contribution in [3.05, 3.63) is 64.7 Å². The van der Waals surface area contributed by atoms with E-state index in [2.05, 4.69) is 37.0 Å². The minimum atomic E-state index is -0.0747. The van der Waals surface area contributed by atoms with E-state index < -0.39 is 0 Å². The van der Waals surface area contributed by atoms with Gasteiger partial charge in [-0.25, -0.2) is 15.0 Å². The molecule has 0 aliphatic rings. The van der Waals surface area contributed by atoms with E-state index in [1.54, 1.807) is 18.5 Å². The fourth-order valence-electron chi connectivity index (χ4n) is 2.22. The lowest BCUT2D eigenvalue weighted by molar-refractivity contribution is 1.13. The van der Waals surface area contributed by atoms with Crippen LogP contribution >= 0.6 is 11.3 Å². The maximum Gasteiger partial charge on any atom is 0.211 e. The zero-order valence-electron chi connectivity index (χ0n) is 14.8. The van der Waals surface area contributed by atoms with E-state index >= 15 is 0 Å². The molecule has 7 nitrogen and oxygen atoms in total. The highest BCUT2D eigenvalue weighted by molar-refractivity contribution is 7.17. The standard InChI is InChI=1S/C19H17N7S/c1-12-17(13(2)25-26-19(20)21)27-18(24-12)15-7-4-14(5-8-15)6-9-16-22-10-3-11-23-16/h3-5,7-8,10-11H,1-2H3,(H4,20,21,26)/b25-13+. The van der Waals surface area contributed by atoms with Crippen molar-refractivity contribution in [2.45, 2.75) is 13.8 Å². The van der Waals surface area contributed by atoms with Gasteiger partial charge in [0, 0.05) is 23.5 Å². The summed E-state index contributed by atoms with van der Waals surface area (Å²) in [5, 5.41) is 8.61. The molecule has 0 saturated carbocycles. The molecule has 0 aliphatic carbocycles. The third kappa shape index (κ3) is 4.74. The average molecular weight is 375 g/mol. The zero-order valence-corrected chi connectivity index (χ0v) is 15.7. The molecule has 0 bridgehead atoms. The number of hydrogen-bond acceptors (Lipinski definition) is 6. The van der Waals surface area contributed by atoms with E-state index in [1.165, 1.54) is 11.3 Å². The molecule has 0 saturated heterocycles. The largest absolute Gasteiger partial charge is 0.369 e. The van der Waals surface area contributed by atoms with E-state index in [0.717, 1.165) is 32.4 Å². The van der Waals surface area contributed by atoms with Gasteiger partial charge < -0.3 is 11.5 Å². The normalized spacial score (nSPS) is 10.8. The molecule has 0 aliphatic heterocycles. The number of benzene rings is 1. The summed E-state index contributed by atoms with van der Waals surface area (Å²) in [4.78, 5) is 13.7. The van der Waals surface area contributed by atoms with Gasteiger partial charge in [0.1, 0.15) is 5.01 Å². The van der Waals surface area contributed by atoms with Crippen LogP contribution in [0.4, 0.5) is 0 Å². The second-order valence-electron chi connectivity index (χ2n) is 5.54. The second kappa shape index (κ2) is 8.21. The molecule has 3 rings (SSSR count). The summed E-state index contributed by atoms with van der Waals surface area (Å²) in [6.07, 6.45) is 3.34. The predicted molar refractivity (Wildman–Crippen MR) is 108 cm³/mol. The summed E-state index contributed by atoms with van der Waals surface area (Å²) in [6.45, 7) is 3.78. The Balaban J connectivity index is 1.82. The Morgan fingerprint density at radius 2 is 1.74 bits per heavy atom. The van der Waals surface area contributed by atoms with Crippen LogP contribution in [0.5, 0.6) is 0 Å². The molecule has 0 amide bonds. The number of thiazole rings is 1. The van der Waals surface area contributed by atoms with Crippen molar-refractivity contribution >= 4 is 23.0 Å². The molecule has 0 unspecified atom stereocenters. The second-order valence-corrected chi connectivity index (χ2v) is 6.54. The molecule has 8 heteroatoms. The molecule has 0 fully saturated rings. The smallest absolute Gasteiger partial charge is 0.211 e. The highest BCUT2D eigenvalue weighted by Crippen LogP contribution is 2.28. The summed E-state index contributed by atoms with van der Waals surface area (Å²) in [7, 11) is 0. The Morgan fingerprint density at radius 1 is 1.04 bits per heavy atom. The summed E-state index contributed by atoms with van der Waals surface area (Å²) >= 11 is 1.54. The SMILES string of the molecule is C/C(=N\N=C(N)N)c1sc(-c2ccc(C#Cc3ncccn3)cc2)nc1C. The molecule has 2 heterocycles. The number of aromatic nitrogens is 3. The quantitative estimate of drug-likeness (QED) is 0.315. The first-order valence-corrected chi connectivity index (χ1v) is 8.85. The Kier molecular flexibility index (Phi) is 5.54. The number of guanidine groups is 1. The van der Waals surface area contributed by atoms with Gasteiger partial charge in [0.25, 0.3) is 0 Å². The van der Waals surface area contributed by atoms with Gasteiger partial charge >= 0.3 is 0 Å². The molecule has 3 aromatic rings. The summed E-state index contributed by atoms with van der Waals surface area (Å²) < 4.78 is 0. The number of rotatable bonds is 3. The van der Waals surface area contributed by atoms with Gasteiger partial charge in [0.2, 0.25) is 11.8 Å². The van der Waals surface area contributed by atoms with Crippen LogP contribution < -0.4 is 11.5 Å². The molecule has 0 atom stereocenters. The van der Waals surface area contributed by atoms with Crippen molar-refractivity contribution in [1.29, 1.82) is 0 Å². The van der Waals surface area contributed by atoms with Crippen LogP contribution in [0.2, 0.25) is 0 Å². The Hall–Kier alpha value is -3.57. The summed E-state index contributed by atoms with van der Waals surface area (Å²) in [5.41, 5.74) is 14.1. The van der Waals surface area contributed by atoms with E-state index in [4.69, 9.17) is 11.5 Å². The third-order valence-electron chi connectivity index (χ3n) is 3.46. The van der Waals surface area contributed by atoms with Crippen LogP contribution in [0.15, 0.2) is 52.9 Å². The lowest BCUT2D eigenvalue weighted by Gasteiger charge is -1.96. The Labute approximate surface area is 160 Å². The molecular weight excluding hydrogens is 358 g/mol. The fourth-order valence-corrected chi connectivity index (χ4v) is 3.23. The molecule has 134 valence electrons. The van der Waals surface area contributed by atoms with Crippen LogP contribution in [-0.2, 0) is 0 Å². The monoisotopic (exact) mass is 375 g/mol. The molecule has 0 spiro atoms. The third-order valence-corrected chi connectivity index (χ3v) is 4.77. The lowest BCUT2D eigenvalue weighted by Crippen LogP contribution is -2.22. The topological polar surface area (TPSA) is 115 Å². The highest BCUT2D eigenvalue weighted by Gasteiger charge is 2.12. The minimum Gasteiger partial charge on any atom is -0.369 e. The Morgan fingerprint density at radius 3 is 2.41 bits per heavy atom. The van der Waals surface area contributed by atoms with Crippen molar-refractivity contribution < 1.29 is 0 Å². The van der Waals surface area contributed by atoms with Gasteiger partial charge in [-0.2, -0.15) is 5.10 Å². The number of hydrogen-bond donors (Lipinski definition) is 2. The van der Waals surface area contributed by atoms with Crippen LogP contribution in [0.3, 0.4) is 0 Å². The van der Waals surface area contributed by atoms with E-state index in [0.29, 0.717) is 5.82 Å². The van der Waals surface area contributed by atoms with Gasteiger partial charge in [0.05, 0.1) is 16.3 Å². The van der Waals surface area contributed by atoms with Gasteiger partial charge in [-0.3, -0.25) is 0 Å². The molecule has 2 aromatic heterocycles. The first-order valence-electron chi connectivity index (χ1n) is 8.03. The van der Waals surface area contributed by atoms with Gasteiger partial charge in [-0.1, -0.05) is 18.1 Å². The number of nitrogens with zero attached hydrogens (tertiary/aromatic N) is 5. The maximum atomic E-state index is 5.32. The molecule has 0 radical (unpaired) electrons. The van der Waals surface area contributed by atoms with E-state index in [1.807, 2.05) is 38.1 Å². The maximum absolute atomic E-state index is 5.32. The summed E-state index contributed by atoms with van der Waals surface area (Å²) in [6, 6.07) is 9.62. The van der Waals surface area contributed by atoms with E-state index in [9.17, 15) is 0 Å². The zero-order chi connectivity index (χ0) is 19.2. The first kappa shape index (κ1) is 18.2. The fraction of sp³-hybridized carbons (Fsp3) is 0.105. The average Bonchev–Trinajstić information content (AvgIpc) is 3.07. The Bertz CT molecular complexity index is 1050. The molecule has 4 N–H and O–H groups in total. The molecule has 27 heavy (non-hydrogen) atoms. The van der Waals surface area contributed by atoms with Crippen molar-refractivity contribution in [2.24, 2.45) is 21.7 Å². The summed E-state index contributed by atoms with van der Waals surface area (Å²) in [5.74, 6) is 6.41. The van der Waals surface area contributed by atoms with Crippen molar-refractivity contribution in [2.75, 3.05) is 0 Å². The van der Waals surface area contributed by atoms with Crippen molar-refractivity contribution in [3.8, 4) is 22.4 Å². The van der Waals surface area contributed by atoms with Crippen molar-refractivity contribution in [1.82, 2.24) is 15.0 Å². The first-order chi connectivity index (χ1) is 13.0. The van der Waals surface area contributed by atoms with Gasteiger partial charge in [-0.15, -0.1) is 16.4 Å². The van der Waals surface area contributed by atoms with Crippen LogP contribution in [0.1, 0.15) is 28.9 Å². The molecular formula is C19H17N7S.